The number of nitrogens with zero attached hydrogens (tertiary/aromatic N) is 1. The van der Waals surface area contributed by atoms with Gasteiger partial charge in [0.05, 0.1) is 0 Å². The molecule has 3 aromatic rings. The fourth-order valence-electron chi connectivity index (χ4n) is 3.11. The second-order valence-corrected chi connectivity index (χ2v) is 8.57. The molecule has 3 aromatic carbocycles. The molecule has 0 aliphatic heterocycles. The van der Waals surface area contributed by atoms with Gasteiger partial charge in [-0.05, 0) is 52.6 Å². The lowest BCUT2D eigenvalue weighted by Gasteiger charge is -2.07. The first kappa shape index (κ1) is 38.1. The van der Waals surface area contributed by atoms with Crippen LogP contribution in [0.5, 0.6) is 0 Å². The SMILES string of the molecule is CC.CC.CC(C)c1ccccc1N.CC(C)c1ccccc1N.CC(C)c1ccccc1N.[C-]#[N+]C. The summed E-state index contributed by atoms with van der Waals surface area (Å²) in [5, 5.41) is 0. The highest BCUT2D eigenvalue weighted by Crippen LogP contribution is 2.21. The summed E-state index contributed by atoms with van der Waals surface area (Å²) in [5.41, 5.74) is 23.6. The Hall–Kier alpha value is -3.45. The van der Waals surface area contributed by atoms with E-state index in [1.807, 2.05) is 82.3 Å². The summed E-state index contributed by atoms with van der Waals surface area (Å²) in [6.07, 6.45) is 0. The zero-order valence-corrected chi connectivity index (χ0v) is 25.3. The molecule has 0 aliphatic carbocycles. The fraction of sp³-hybridized carbons (Fsp3) is 0.424. The Morgan fingerprint density at radius 2 is 0.649 bits per heavy atom. The Morgan fingerprint density at radius 1 is 0.486 bits per heavy atom. The minimum Gasteiger partial charge on any atom is -0.398 e. The molecule has 3 rings (SSSR count). The van der Waals surface area contributed by atoms with Gasteiger partial charge in [0, 0.05) is 17.1 Å². The second-order valence-electron chi connectivity index (χ2n) is 8.57. The van der Waals surface area contributed by atoms with Crippen molar-refractivity contribution in [3.05, 3.63) is 101 Å². The lowest BCUT2D eigenvalue weighted by molar-refractivity contribution is 0.870. The summed E-state index contributed by atoms with van der Waals surface area (Å²) in [6, 6.07) is 24.0. The highest BCUT2D eigenvalue weighted by Gasteiger charge is 2.01. The average Bonchev–Trinajstić information content (AvgIpc) is 2.88. The van der Waals surface area contributed by atoms with Crippen LogP contribution in [-0.4, -0.2) is 7.05 Å². The fourth-order valence-corrected chi connectivity index (χ4v) is 3.11. The lowest BCUT2D eigenvalue weighted by atomic mass is 10.0. The van der Waals surface area contributed by atoms with E-state index in [0.717, 1.165) is 17.1 Å². The van der Waals surface area contributed by atoms with Gasteiger partial charge < -0.3 is 22.0 Å². The van der Waals surface area contributed by atoms with Crippen molar-refractivity contribution in [2.45, 2.75) is 87.0 Å². The molecule has 0 fully saturated rings. The molecule has 6 N–H and O–H groups in total. The van der Waals surface area contributed by atoms with Crippen LogP contribution in [0.15, 0.2) is 72.8 Å². The van der Waals surface area contributed by atoms with Crippen molar-refractivity contribution < 1.29 is 0 Å². The smallest absolute Gasteiger partial charge is 0.205 e. The third-order valence-electron chi connectivity index (χ3n) is 4.85. The van der Waals surface area contributed by atoms with Gasteiger partial charge >= 0.3 is 0 Å². The summed E-state index contributed by atoms with van der Waals surface area (Å²) in [4.78, 5) is 2.75. The maximum absolute atomic E-state index is 5.83. The molecule has 206 valence electrons. The van der Waals surface area contributed by atoms with Crippen LogP contribution in [-0.2, 0) is 0 Å². The van der Waals surface area contributed by atoms with Crippen LogP contribution in [0.1, 0.15) is 104 Å². The summed E-state index contributed by atoms with van der Waals surface area (Å²) in [5.74, 6) is 1.59. The van der Waals surface area contributed by atoms with Gasteiger partial charge in [0.1, 0.15) is 0 Å². The van der Waals surface area contributed by atoms with Crippen molar-refractivity contribution in [1.29, 1.82) is 0 Å². The van der Waals surface area contributed by atoms with E-state index >= 15 is 0 Å². The van der Waals surface area contributed by atoms with Crippen molar-refractivity contribution in [1.82, 2.24) is 0 Å². The Bertz CT molecular complexity index is 852. The molecule has 0 saturated heterocycles. The molecular formula is C33H54N4. The summed E-state index contributed by atoms with van der Waals surface area (Å²) < 4.78 is 0. The first-order chi connectivity index (χ1) is 17.6. The molecular weight excluding hydrogens is 452 g/mol. The predicted molar refractivity (Wildman–Crippen MR) is 170 cm³/mol. The Kier molecular flexibility index (Phi) is 25.0. The molecule has 0 aliphatic rings. The minimum atomic E-state index is 0.529. The second kappa shape index (κ2) is 24.3. The average molecular weight is 507 g/mol. The molecule has 4 heteroatoms. The molecule has 37 heavy (non-hydrogen) atoms. The van der Waals surface area contributed by atoms with Gasteiger partial charge in [-0.15, -0.1) is 0 Å². The van der Waals surface area contributed by atoms with E-state index in [2.05, 4.69) is 64.6 Å². The molecule has 0 radical (unpaired) electrons. The maximum atomic E-state index is 5.83. The Labute approximate surface area is 229 Å². The predicted octanol–water partition coefficient (Wildman–Crippen LogP) is 9.76. The van der Waals surface area contributed by atoms with Crippen LogP contribution >= 0.6 is 0 Å². The number of rotatable bonds is 3. The normalized spacial score (nSPS) is 8.89. The van der Waals surface area contributed by atoms with Crippen LogP contribution < -0.4 is 17.2 Å². The van der Waals surface area contributed by atoms with E-state index in [1.165, 1.54) is 23.7 Å². The van der Waals surface area contributed by atoms with E-state index in [4.69, 9.17) is 23.8 Å². The molecule has 0 atom stereocenters. The quantitative estimate of drug-likeness (QED) is 0.244. The van der Waals surface area contributed by atoms with Crippen LogP contribution in [0.2, 0.25) is 0 Å². The van der Waals surface area contributed by atoms with Gasteiger partial charge in [-0.25, -0.2) is 6.57 Å². The first-order valence-corrected chi connectivity index (χ1v) is 13.3. The third-order valence-corrected chi connectivity index (χ3v) is 4.85. The minimum absolute atomic E-state index is 0.529. The molecule has 4 nitrogen and oxygen atoms in total. The monoisotopic (exact) mass is 506 g/mol. The van der Waals surface area contributed by atoms with E-state index in [1.54, 1.807) is 0 Å². The molecule has 0 spiro atoms. The number of anilines is 3. The maximum Gasteiger partial charge on any atom is 0.205 e. The molecule has 0 bridgehead atoms. The van der Waals surface area contributed by atoms with Crippen LogP contribution in [0, 0.1) is 6.57 Å². The van der Waals surface area contributed by atoms with Gasteiger partial charge in [0.15, 0.2) is 0 Å². The van der Waals surface area contributed by atoms with Gasteiger partial charge in [-0.3, -0.25) is 0 Å². The standard InChI is InChI=1S/3C9H13N.C2H3N.2C2H6/c3*1-7(2)8-5-3-4-6-9(8)10;1-3-2;2*1-2/h3*3-7H,10H2,1-2H3;1H3;2*1-2H3. The molecule has 0 amide bonds. The Morgan fingerprint density at radius 3 is 0.757 bits per heavy atom. The van der Waals surface area contributed by atoms with Gasteiger partial charge in [0.25, 0.3) is 0 Å². The van der Waals surface area contributed by atoms with Crippen molar-refractivity contribution in [2.75, 3.05) is 24.2 Å². The molecule has 0 aromatic heterocycles. The van der Waals surface area contributed by atoms with Crippen molar-refractivity contribution >= 4 is 17.1 Å². The first-order valence-electron chi connectivity index (χ1n) is 13.3. The number of nitrogens with two attached hydrogens (primary N) is 3. The third kappa shape index (κ3) is 17.6. The van der Waals surface area contributed by atoms with Gasteiger partial charge in [-0.1, -0.05) is 124 Å². The highest BCUT2D eigenvalue weighted by atomic mass is 14.6. The van der Waals surface area contributed by atoms with Gasteiger partial charge in [-0.2, -0.15) is 0 Å². The number of nitrogen functional groups attached to an aromatic ring is 3. The Balaban J connectivity index is -0.000000417. The number of hydrogen-bond acceptors (Lipinski definition) is 3. The van der Waals surface area contributed by atoms with Gasteiger partial charge in [0.2, 0.25) is 7.05 Å². The van der Waals surface area contributed by atoms with E-state index in [-0.39, 0.29) is 0 Å². The zero-order valence-electron chi connectivity index (χ0n) is 25.3. The number of hydrogen-bond donors (Lipinski definition) is 3. The van der Waals surface area contributed by atoms with Crippen LogP contribution in [0.3, 0.4) is 0 Å². The van der Waals surface area contributed by atoms with Crippen molar-refractivity contribution in [2.24, 2.45) is 0 Å². The highest BCUT2D eigenvalue weighted by molar-refractivity contribution is 5.49. The van der Waals surface area contributed by atoms with E-state index < -0.39 is 0 Å². The van der Waals surface area contributed by atoms with Crippen LogP contribution in [0.4, 0.5) is 17.1 Å². The zero-order chi connectivity index (χ0) is 29.4. The van der Waals surface area contributed by atoms with Crippen molar-refractivity contribution in [3.63, 3.8) is 0 Å². The van der Waals surface area contributed by atoms with Crippen molar-refractivity contribution in [3.8, 4) is 0 Å². The molecule has 0 heterocycles. The van der Waals surface area contributed by atoms with E-state index in [0.29, 0.717) is 17.8 Å². The van der Waals surface area contributed by atoms with E-state index in [9.17, 15) is 0 Å². The largest absolute Gasteiger partial charge is 0.398 e. The number of para-hydroxylation sites is 3. The lowest BCUT2D eigenvalue weighted by Crippen LogP contribution is -1.94. The molecule has 0 saturated carbocycles. The summed E-state index contributed by atoms with van der Waals surface area (Å²) >= 11 is 0. The summed E-state index contributed by atoms with van der Waals surface area (Å²) in [7, 11) is 1.42. The summed E-state index contributed by atoms with van der Waals surface area (Å²) in [6.45, 7) is 26.7. The molecule has 0 unspecified atom stereocenters. The topological polar surface area (TPSA) is 82.4 Å². The number of benzene rings is 3. The van der Waals surface area contributed by atoms with Crippen LogP contribution in [0.25, 0.3) is 4.85 Å².